The Morgan fingerprint density at radius 3 is 2.55 bits per heavy atom. The first-order chi connectivity index (χ1) is 9.34. The minimum absolute atomic E-state index is 0.154. The van der Waals surface area contributed by atoms with Gasteiger partial charge in [0.25, 0.3) is 5.82 Å². The normalized spacial score (nSPS) is 11.8. The third kappa shape index (κ3) is 2.66. The summed E-state index contributed by atoms with van der Waals surface area (Å²) in [6, 6.07) is 0. The maximum Gasteiger partial charge on any atom is 0.453 e. The molecule has 0 aromatic carbocycles. The van der Waals surface area contributed by atoms with Crippen LogP contribution in [0.1, 0.15) is 18.4 Å². The summed E-state index contributed by atoms with van der Waals surface area (Å²) in [5, 5.41) is 5.73. The molecule has 0 aliphatic heterocycles. The molecular formula is C9H8F4N6S. The molecule has 6 nitrogen and oxygen atoms in total. The third-order valence-corrected chi connectivity index (χ3v) is 3.21. The van der Waals surface area contributed by atoms with Crippen molar-refractivity contribution in [3.8, 4) is 0 Å². The summed E-state index contributed by atoms with van der Waals surface area (Å²) in [5.41, 5.74) is 0.154. The predicted octanol–water partition coefficient (Wildman–Crippen LogP) is 1.65. The zero-order valence-corrected chi connectivity index (χ0v) is 10.8. The highest BCUT2D eigenvalue weighted by molar-refractivity contribution is 7.99. The van der Waals surface area contributed by atoms with Crippen LogP contribution in [0.4, 0.5) is 17.6 Å². The van der Waals surface area contributed by atoms with Crippen molar-refractivity contribution in [2.24, 2.45) is 0 Å². The second-order valence-corrected chi connectivity index (χ2v) is 4.53. The summed E-state index contributed by atoms with van der Waals surface area (Å²) in [6.07, 6.45) is -3.30. The van der Waals surface area contributed by atoms with Gasteiger partial charge in [-0.05, 0) is 18.2 Å². The van der Waals surface area contributed by atoms with Crippen LogP contribution in [-0.4, -0.2) is 24.8 Å². The topological polar surface area (TPSA) is 82.5 Å². The number of hydrogen-bond donors (Lipinski definition) is 1. The fourth-order valence-corrected chi connectivity index (χ4v) is 2.08. The number of nitrogens with zero attached hydrogens (tertiary/aromatic N) is 5. The zero-order valence-electron chi connectivity index (χ0n) is 10.0. The molecule has 0 aliphatic rings. The fourth-order valence-electron chi connectivity index (χ4n) is 1.33. The third-order valence-electron chi connectivity index (χ3n) is 2.27. The highest BCUT2D eigenvalue weighted by atomic mass is 32.2. The van der Waals surface area contributed by atoms with Gasteiger partial charge in [0.1, 0.15) is 11.4 Å². The Bertz CT molecular complexity index is 625. The van der Waals surface area contributed by atoms with Gasteiger partial charge in [0.2, 0.25) is 5.16 Å². The van der Waals surface area contributed by atoms with Crippen LogP contribution in [0, 0.1) is 5.82 Å². The number of alkyl halides is 3. The van der Waals surface area contributed by atoms with Crippen molar-refractivity contribution >= 4 is 11.8 Å². The van der Waals surface area contributed by atoms with Crippen molar-refractivity contribution in [3.05, 3.63) is 23.7 Å². The molecule has 108 valence electrons. The molecule has 2 N–H and O–H groups in total. The molecule has 2 aromatic rings. The number of nitrogen functional groups attached to an aromatic ring is 1. The molecule has 0 aliphatic carbocycles. The molecule has 2 aromatic heterocycles. The summed E-state index contributed by atoms with van der Waals surface area (Å²) < 4.78 is 51.6. The van der Waals surface area contributed by atoms with Crippen LogP contribution in [0.2, 0.25) is 0 Å². The molecule has 0 radical (unpaired) electrons. The predicted molar refractivity (Wildman–Crippen MR) is 60.7 cm³/mol. The first-order valence-electron chi connectivity index (χ1n) is 5.29. The van der Waals surface area contributed by atoms with Crippen LogP contribution < -0.4 is 5.84 Å². The van der Waals surface area contributed by atoms with Gasteiger partial charge in [-0.2, -0.15) is 13.2 Å². The van der Waals surface area contributed by atoms with E-state index in [0.29, 0.717) is 18.2 Å². The molecule has 0 fully saturated rings. The molecule has 0 atom stereocenters. The van der Waals surface area contributed by atoms with E-state index in [1.165, 1.54) is 0 Å². The lowest BCUT2D eigenvalue weighted by molar-refractivity contribution is -0.146. The highest BCUT2D eigenvalue weighted by Gasteiger charge is 2.38. The molecule has 20 heavy (non-hydrogen) atoms. The Morgan fingerprint density at radius 2 is 2.00 bits per heavy atom. The molecular weight excluding hydrogens is 300 g/mol. The van der Waals surface area contributed by atoms with Crippen molar-refractivity contribution in [2.45, 2.75) is 29.7 Å². The average molecular weight is 308 g/mol. The SMILES string of the molecule is CCc1ncnc(Sc2nnc(C(F)(F)F)n2N)c1F. The Balaban J connectivity index is 2.34. The van der Waals surface area contributed by atoms with E-state index >= 15 is 0 Å². The van der Waals surface area contributed by atoms with Gasteiger partial charge in [0.15, 0.2) is 5.82 Å². The molecule has 11 heteroatoms. The minimum Gasteiger partial charge on any atom is -0.335 e. The first-order valence-corrected chi connectivity index (χ1v) is 6.11. The van der Waals surface area contributed by atoms with Crippen LogP contribution in [-0.2, 0) is 12.6 Å². The number of aromatic nitrogens is 5. The second kappa shape index (κ2) is 5.23. The van der Waals surface area contributed by atoms with Crippen LogP contribution in [0.15, 0.2) is 16.5 Å². The number of rotatable bonds is 3. The number of hydrogen-bond acceptors (Lipinski definition) is 6. The van der Waals surface area contributed by atoms with E-state index in [-0.39, 0.29) is 20.6 Å². The van der Waals surface area contributed by atoms with Gasteiger partial charge in [0, 0.05) is 0 Å². The summed E-state index contributed by atoms with van der Waals surface area (Å²) in [7, 11) is 0. The van der Waals surface area contributed by atoms with E-state index < -0.39 is 17.8 Å². The van der Waals surface area contributed by atoms with Crippen LogP contribution in [0.5, 0.6) is 0 Å². The maximum atomic E-state index is 13.9. The fraction of sp³-hybridized carbons (Fsp3) is 0.333. The molecule has 2 rings (SSSR count). The number of halogens is 4. The zero-order chi connectivity index (χ0) is 14.9. The second-order valence-electron chi connectivity index (χ2n) is 3.57. The lowest BCUT2D eigenvalue weighted by Crippen LogP contribution is -2.21. The van der Waals surface area contributed by atoms with E-state index in [1.807, 2.05) is 0 Å². The Labute approximate surface area is 114 Å². The number of aryl methyl sites for hydroxylation is 1. The summed E-state index contributed by atoms with van der Waals surface area (Å²) in [6.45, 7) is 1.69. The molecule has 0 unspecified atom stereocenters. The lowest BCUT2D eigenvalue weighted by atomic mass is 10.3. The van der Waals surface area contributed by atoms with Crippen molar-refractivity contribution in [3.63, 3.8) is 0 Å². The van der Waals surface area contributed by atoms with E-state index in [4.69, 9.17) is 5.84 Å². The summed E-state index contributed by atoms with van der Waals surface area (Å²) >= 11 is 0.546. The first kappa shape index (κ1) is 14.5. The molecule has 0 amide bonds. The largest absolute Gasteiger partial charge is 0.453 e. The summed E-state index contributed by atoms with van der Waals surface area (Å²) in [5.74, 6) is 3.16. The highest BCUT2D eigenvalue weighted by Crippen LogP contribution is 2.31. The van der Waals surface area contributed by atoms with E-state index in [1.54, 1.807) is 6.92 Å². The molecule has 0 saturated carbocycles. The smallest absolute Gasteiger partial charge is 0.335 e. The van der Waals surface area contributed by atoms with E-state index in [0.717, 1.165) is 6.33 Å². The number of nitrogens with two attached hydrogens (primary N) is 1. The lowest BCUT2D eigenvalue weighted by Gasteiger charge is -2.06. The van der Waals surface area contributed by atoms with Crippen LogP contribution in [0.25, 0.3) is 0 Å². The molecule has 0 spiro atoms. The van der Waals surface area contributed by atoms with Gasteiger partial charge in [-0.25, -0.2) is 19.0 Å². The maximum absolute atomic E-state index is 13.9. The minimum atomic E-state index is -4.74. The van der Waals surface area contributed by atoms with Crippen molar-refractivity contribution in [1.29, 1.82) is 0 Å². The van der Waals surface area contributed by atoms with Gasteiger partial charge in [-0.1, -0.05) is 6.92 Å². The van der Waals surface area contributed by atoms with Crippen LogP contribution in [0.3, 0.4) is 0 Å². The monoisotopic (exact) mass is 308 g/mol. The molecule has 0 bridgehead atoms. The van der Waals surface area contributed by atoms with Gasteiger partial charge in [-0.15, -0.1) is 10.2 Å². The van der Waals surface area contributed by atoms with Gasteiger partial charge in [-0.3, -0.25) is 0 Å². The van der Waals surface area contributed by atoms with Gasteiger partial charge < -0.3 is 5.84 Å². The molecule has 0 saturated heterocycles. The Kier molecular flexibility index (Phi) is 3.79. The quantitative estimate of drug-likeness (QED) is 0.527. The van der Waals surface area contributed by atoms with E-state index in [9.17, 15) is 17.6 Å². The standard InChI is InChI=1S/C9H8F4N6S/c1-2-4-5(10)6(16-3-15-4)20-8-18-17-7(19(8)14)9(11,12)13/h3H,2,14H2,1H3. The van der Waals surface area contributed by atoms with Gasteiger partial charge >= 0.3 is 6.18 Å². The van der Waals surface area contributed by atoms with E-state index in [2.05, 4.69) is 20.2 Å². The van der Waals surface area contributed by atoms with Crippen LogP contribution >= 0.6 is 11.8 Å². The van der Waals surface area contributed by atoms with Crippen molar-refractivity contribution in [1.82, 2.24) is 24.8 Å². The Morgan fingerprint density at radius 1 is 1.30 bits per heavy atom. The Hall–Kier alpha value is -1.91. The summed E-state index contributed by atoms with van der Waals surface area (Å²) in [4.78, 5) is 7.37. The molecule has 2 heterocycles. The van der Waals surface area contributed by atoms with Crippen molar-refractivity contribution in [2.75, 3.05) is 5.84 Å². The van der Waals surface area contributed by atoms with Crippen molar-refractivity contribution < 1.29 is 17.6 Å². The average Bonchev–Trinajstić information content (AvgIpc) is 2.73. The van der Waals surface area contributed by atoms with Gasteiger partial charge in [0.05, 0.1) is 5.69 Å².